The van der Waals surface area contributed by atoms with Crippen molar-refractivity contribution in [2.24, 2.45) is 0 Å². The van der Waals surface area contributed by atoms with Crippen LogP contribution in [0.3, 0.4) is 0 Å². The van der Waals surface area contributed by atoms with E-state index in [1.54, 1.807) is 12.1 Å². The third kappa shape index (κ3) is 2.89. The highest BCUT2D eigenvalue weighted by atomic mass is 19.1. The SMILES string of the molecule is Oc1ccc(-c2nc(Cc3ccc(F)cc3F)no2)cc1. The average molecular weight is 288 g/mol. The average Bonchev–Trinajstić information content (AvgIpc) is 2.91. The van der Waals surface area contributed by atoms with Crippen molar-refractivity contribution in [1.82, 2.24) is 10.1 Å². The van der Waals surface area contributed by atoms with E-state index in [1.807, 2.05) is 0 Å². The van der Waals surface area contributed by atoms with Gasteiger partial charge in [0.25, 0.3) is 5.89 Å². The molecule has 0 bridgehead atoms. The molecule has 0 aliphatic rings. The Morgan fingerprint density at radius 1 is 1.05 bits per heavy atom. The van der Waals surface area contributed by atoms with Crippen LogP contribution in [0.2, 0.25) is 0 Å². The molecule has 1 heterocycles. The second kappa shape index (κ2) is 5.32. The van der Waals surface area contributed by atoms with Gasteiger partial charge in [0.15, 0.2) is 5.82 Å². The fourth-order valence-electron chi connectivity index (χ4n) is 1.88. The maximum atomic E-state index is 13.6. The van der Waals surface area contributed by atoms with Crippen LogP contribution in [0.1, 0.15) is 11.4 Å². The van der Waals surface area contributed by atoms with Crippen LogP contribution in [-0.4, -0.2) is 15.2 Å². The molecule has 0 fully saturated rings. The van der Waals surface area contributed by atoms with Crippen LogP contribution in [-0.2, 0) is 6.42 Å². The summed E-state index contributed by atoms with van der Waals surface area (Å²) in [6, 6.07) is 9.60. The Morgan fingerprint density at radius 2 is 1.81 bits per heavy atom. The molecule has 0 saturated carbocycles. The van der Waals surface area contributed by atoms with E-state index in [0.29, 0.717) is 11.4 Å². The van der Waals surface area contributed by atoms with E-state index in [-0.39, 0.29) is 23.6 Å². The van der Waals surface area contributed by atoms with Crippen LogP contribution >= 0.6 is 0 Å². The lowest BCUT2D eigenvalue weighted by atomic mass is 10.1. The molecule has 0 spiro atoms. The zero-order valence-corrected chi connectivity index (χ0v) is 10.8. The van der Waals surface area contributed by atoms with Gasteiger partial charge < -0.3 is 9.63 Å². The number of hydrogen-bond donors (Lipinski definition) is 1. The number of phenolic OH excluding ortho intramolecular Hbond substituents is 1. The molecule has 106 valence electrons. The van der Waals surface area contributed by atoms with E-state index in [1.165, 1.54) is 24.3 Å². The van der Waals surface area contributed by atoms with E-state index >= 15 is 0 Å². The number of phenols is 1. The van der Waals surface area contributed by atoms with Crippen molar-refractivity contribution in [3.8, 4) is 17.2 Å². The minimum atomic E-state index is -0.647. The summed E-state index contributed by atoms with van der Waals surface area (Å²) in [5.41, 5.74) is 0.931. The first-order chi connectivity index (χ1) is 10.1. The van der Waals surface area contributed by atoms with Crippen LogP contribution in [0.4, 0.5) is 8.78 Å². The third-order valence-corrected chi connectivity index (χ3v) is 2.95. The molecule has 0 radical (unpaired) electrons. The lowest BCUT2D eigenvalue weighted by molar-refractivity contribution is 0.423. The van der Waals surface area contributed by atoms with E-state index in [2.05, 4.69) is 10.1 Å². The van der Waals surface area contributed by atoms with Crippen molar-refractivity contribution < 1.29 is 18.4 Å². The first-order valence-corrected chi connectivity index (χ1v) is 6.18. The van der Waals surface area contributed by atoms with Gasteiger partial charge in [-0.25, -0.2) is 8.78 Å². The Kier molecular flexibility index (Phi) is 3.35. The van der Waals surface area contributed by atoms with E-state index < -0.39 is 11.6 Å². The lowest BCUT2D eigenvalue weighted by Gasteiger charge is -1.99. The van der Waals surface area contributed by atoms with Gasteiger partial charge in [0.05, 0.1) is 0 Å². The van der Waals surface area contributed by atoms with Crippen LogP contribution < -0.4 is 0 Å². The third-order valence-electron chi connectivity index (χ3n) is 2.95. The number of hydrogen-bond acceptors (Lipinski definition) is 4. The predicted octanol–water partition coefficient (Wildman–Crippen LogP) is 3.31. The highest BCUT2D eigenvalue weighted by Gasteiger charge is 2.12. The van der Waals surface area contributed by atoms with E-state index in [9.17, 15) is 13.9 Å². The smallest absolute Gasteiger partial charge is 0.257 e. The standard InChI is InChI=1S/C15H10F2N2O2/c16-11-4-1-10(13(17)8-11)7-14-18-15(21-19-14)9-2-5-12(20)6-3-9/h1-6,8,20H,7H2. The number of aromatic nitrogens is 2. The molecule has 0 saturated heterocycles. The van der Waals surface area contributed by atoms with Gasteiger partial charge in [0.2, 0.25) is 0 Å². The van der Waals surface area contributed by atoms with Gasteiger partial charge in [0, 0.05) is 18.1 Å². The molecule has 0 unspecified atom stereocenters. The van der Waals surface area contributed by atoms with E-state index in [4.69, 9.17) is 4.52 Å². The summed E-state index contributed by atoms with van der Waals surface area (Å²) < 4.78 is 31.5. The molecule has 0 atom stereocenters. The quantitative estimate of drug-likeness (QED) is 0.803. The summed E-state index contributed by atoms with van der Waals surface area (Å²) >= 11 is 0. The van der Waals surface area contributed by atoms with Crippen molar-refractivity contribution in [2.75, 3.05) is 0 Å². The molecule has 0 amide bonds. The summed E-state index contributed by atoms with van der Waals surface area (Å²) in [6.45, 7) is 0. The maximum Gasteiger partial charge on any atom is 0.257 e. The van der Waals surface area contributed by atoms with Crippen molar-refractivity contribution in [3.63, 3.8) is 0 Å². The topological polar surface area (TPSA) is 59.2 Å². The zero-order chi connectivity index (χ0) is 14.8. The highest BCUT2D eigenvalue weighted by molar-refractivity contribution is 5.54. The Morgan fingerprint density at radius 3 is 2.52 bits per heavy atom. The van der Waals surface area contributed by atoms with Crippen molar-refractivity contribution in [2.45, 2.75) is 6.42 Å². The van der Waals surface area contributed by atoms with Gasteiger partial charge in [-0.15, -0.1) is 0 Å². The fraction of sp³-hybridized carbons (Fsp3) is 0.0667. The van der Waals surface area contributed by atoms with Gasteiger partial charge in [0.1, 0.15) is 17.4 Å². The highest BCUT2D eigenvalue weighted by Crippen LogP contribution is 2.21. The monoisotopic (exact) mass is 288 g/mol. The largest absolute Gasteiger partial charge is 0.508 e. The Hall–Kier alpha value is -2.76. The molecule has 1 aromatic heterocycles. The van der Waals surface area contributed by atoms with Crippen LogP contribution in [0.15, 0.2) is 47.0 Å². The van der Waals surface area contributed by atoms with Gasteiger partial charge in [-0.2, -0.15) is 4.98 Å². The Balaban J connectivity index is 1.83. The summed E-state index contributed by atoms with van der Waals surface area (Å²) in [6.07, 6.45) is 0.105. The van der Waals surface area contributed by atoms with Gasteiger partial charge in [-0.3, -0.25) is 0 Å². The normalized spacial score (nSPS) is 10.8. The van der Waals surface area contributed by atoms with Crippen molar-refractivity contribution >= 4 is 0 Å². The molecular weight excluding hydrogens is 278 g/mol. The molecular formula is C15H10F2N2O2. The summed E-state index contributed by atoms with van der Waals surface area (Å²) in [7, 11) is 0. The van der Waals surface area contributed by atoms with Crippen molar-refractivity contribution in [1.29, 1.82) is 0 Å². The molecule has 6 heteroatoms. The molecule has 0 aliphatic heterocycles. The van der Waals surface area contributed by atoms with Crippen molar-refractivity contribution in [3.05, 3.63) is 65.5 Å². The van der Waals surface area contributed by atoms with Crippen LogP contribution in [0, 0.1) is 11.6 Å². The Labute approximate surface area is 118 Å². The lowest BCUT2D eigenvalue weighted by Crippen LogP contribution is -1.95. The molecule has 0 aliphatic carbocycles. The van der Waals surface area contributed by atoms with Gasteiger partial charge in [-0.05, 0) is 35.9 Å². The van der Waals surface area contributed by atoms with Crippen LogP contribution in [0.5, 0.6) is 5.75 Å². The first-order valence-electron chi connectivity index (χ1n) is 6.18. The molecule has 2 aromatic carbocycles. The zero-order valence-electron chi connectivity index (χ0n) is 10.8. The minimum Gasteiger partial charge on any atom is -0.508 e. The molecule has 3 rings (SSSR count). The number of halogens is 2. The number of aromatic hydroxyl groups is 1. The number of benzene rings is 2. The number of nitrogens with zero attached hydrogens (tertiary/aromatic N) is 2. The van der Waals surface area contributed by atoms with E-state index in [0.717, 1.165) is 6.07 Å². The molecule has 3 aromatic rings. The van der Waals surface area contributed by atoms with Gasteiger partial charge >= 0.3 is 0 Å². The minimum absolute atomic E-state index is 0.105. The second-order valence-corrected chi connectivity index (χ2v) is 4.48. The molecule has 4 nitrogen and oxygen atoms in total. The number of rotatable bonds is 3. The second-order valence-electron chi connectivity index (χ2n) is 4.48. The maximum absolute atomic E-state index is 13.6. The predicted molar refractivity (Wildman–Crippen MR) is 70.6 cm³/mol. The summed E-state index contributed by atoms with van der Waals surface area (Å²) in [4.78, 5) is 4.15. The van der Waals surface area contributed by atoms with Crippen LogP contribution in [0.25, 0.3) is 11.5 Å². The summed E-state index contributed by atoms with van der Waals surface area (Å²) in [5, 5.41) is 13.0. The fourth-order valence-corrected chi connectivity index (χ4v) is 1.88. The molecule has 21 heavy (non-hydrogen) atoms. The van der Waals surface area contributed by atoms with Gasteiger partial charge in [-0.1, -0.05) is 11.2 Å². The first kappa shape index (κ1) is 13.2. The Bertz CT molecular complexity index is 770. The summed E-state index contributed by atoms with van der Waals surface area (Å²) in [5.74, 6) is -0.580. The molecule has 1 N–H and O–H groups in total.